The SMILES string of the molecule is C=CCO[C@@H]1[C@H](OP(OCCC#N)N(C(C)C)C(C)C)[C@@H](COC(c2ccccc2)(c2ccc(OC)cc2)c2ccc(OC)cc2)O[C@H]1n1ccc(=O)[nH]c1=S. The van der Waals surface area contributed by atoms with Gasteiger partial charge in [0.25, 0.3) is 14.1 Å². The molecule has 1 unspecified atom stereocenters. The Morgan fingerprint density at radius 2 is 1.54 bits per heavy atom. The zero-order valence-corrected chi connectivity index (χ0v) is 34.4. The first kappa shape index (κ1) is 42.9. The first-order valence-corrected chi connectivity index (χ1v) is 20.0. The number of rotatable bonds is 20. The molecule has 1 fully saturated rings. The van der Waals surface area contributed by atoms with Gasteiger partial charge in [0.05, 0.1) is 46.5 Å². The number of benzene rings is 3. The molecule has 0 spiro atoms. The third-order valence-corrected chi connectivity index (χ3v) is 11.8. The molecule has 1 N–H and O–H groups in total. The second-order valence-corrected chi connectivity index (χ2v) is 15.4. The Morgan fingerprint density at radius 1 is 0.946 bits per heavy atom. The minimum atomic E-state index is -1.76. The average molecular weight is 803 g/mol. The van der Waals surface area contributed by atoms with Crippen LogP contribution in [0.15, 0.2) is 109 Å². The van der Waals surface area contributed by atoms with E-state index in [1.54, 1.807) is 31.1 Å². The molecule has 1 saturated heterocycles. The summed E-state index contributed by atoms with van der Waals surface area (Å²) in [7, 11) is 1.50. The van der Waals surface area contributed by atoms with E-state index in [2.05, 4.69) is 50.0 Å². The fraction of sp³-hybridized carbons (Fsp3) is 0.405. The van der Waals surface area contributed by atoms with E-state index < -0.39 is 38.7 Å². The number of hydrogen-bond donors (Lipinski definition) is 1. The first-order valence-electron chi connectivity index (χ1n) is 18.5. The molecule has 2 heterocycles. The number of nitrogens with zero attached hydrogens (tertiary/aromatic N) is 3. The predicted molar refractivity (Wildman–Crippen MR) is 218 cm³/mol. The van der Waals surface area contributed by atoms with Gasteiger partial charge in [-0.3, -0.25) is 14.3 Å². The second kappa shape index (κ2) is 20.3. The normalized spacial score (nSPS) is 18.9. The molecule has 0 aliphatic carbocycles. The molecular weight excluding hydrogens is 752 g/mol. The zero-order chi connectivity index (χ0) is 40.2. The lowest BCUT2D eigenvalue weighted by molar-refractivity contribution is -0.0962. The molecule has 1 aromatic heterocycles. The Morgan fingerprint density at radius 3 is 2.05 bits per heavy atom. The van der Waals surface area contributed by atoms with Gasteiger partial charge >= 0.3 is 0 Å². The van der Waals surface area contributed by atoms with Gasteiger partial charge in [0.1, 0.15) is 35.4 Å². The van der Waals surface area contributed by atoms with Crippen LogP contribution in [-0.4, -0.2) is 78.7 Å². The third kappa shape index (κ3) is 9.83. The summed E-state index contributed by atoms with van der Waals surface area (Å²) in [6, 6.07) is 29.2. The van der Waals surface area contributed by atoms with E-state index >= 15 is 0 Å². The van der Waals surface area contributed by atoms with Gasteiger partial charge in [-0.25, -0.2) is 4.67 Å². The fourth-order valence-corrected chi connectivity index (χ4v) is 8.89. The Bertz CT molecular complexity index is 1950. The number of methoxy groups -OCH3 is 2. The smallest absolute Gasteiger partial charge is 0.259 e. The molecule has 5 rings (SSSR count). The van der Waals surface area contributed by atoms with Gasteiger partial charge in [0.15, 0.2) is 11.0 Å². The Kier molecular flexibility index (Phi) is 15.5. The highest BCUT2D eigenvalue weighted by Gasteiger charge is 2.51. The molecule has 0 bridgehead atoms. The monoisotopic (exact) mass is 802 g/mol. The van der Waals surface area contributed by atoms with Crippen molar-refractivity contribution < 1.29 is 32.7 Å². The van der Waals surface area contributed by atoms with Crippen molar-refractivity contribution in [2.24, 2.45) is 0 Å². The molecule has 4 aromatic rings. The summed E-state index contributed by atoms with van der Waals surface area (Å²) in [6.07, 6.45) is 0.260. The maximum atomic E-state index is 12.3. The quantitative estimate of drug-likeness (QED) is 0.0306. The summed E-state index contributed by atoms with van der Waals surface area (Å²) in [6.45, 7) is 12.5. The van der Waals surface area contributed by atoms with Gasteiger partial charge in [0, 0.05) is 24.3 Å². The molecule has 0 radical (unpaired) electrons. The lowest BCUT2D eigenvalue weighted by atomic mass is 9.80. The number of nitrogens with one attached hydrogen (secondary N) is 1. The van der Waals surface area contributed by atoms with E-state index in [0.29, 0.717) is 11.5 Å². The first-order chi connectivity index (χ1) is 27.1. The van der Waals surface area contributed by atoms with E-state index in [9.17, 15) is 10.1 Å². The molecule has 0 amide bonds. The van der Waals surface area contributed by atoms with Crippen molar-refractivity contribution in [3.05, 3.63) is 136 Å². The minimum absolute atomic E-state index is 0.00344. The van der Waals surface area contributed by atoms with E-state index in [1.807, 2.05) is 78.9 Å². The molecule has 0 saturated carbocycles. The lowest BCUT2D eigenvalue weighted by Gasteiger charge is -2.39. The predicted octanol–water partition coefficient (Wildman–Crippen LogP) is 8.06. The number of nitriles is 1. The maximum Gasteiger partial charge on any atom is 0.259 e. The van der Waals surface area contributed by atoms with Crippen molar-refractivity contribution in [3.63, 3.8) is 0 Å². The van der Waals surface area contributed by atoms with Gasteiger partial charge in [-0.15, -0.1) is 6.58 Å². The van der Waals surface area contributed by atoms with Crippen LogP contribution in [-0.2, 0) is 28.9 Å². The highest BCUT2D eigenvalue weighted by atomic mass is 32.1. The van der Waals surface area contributed by atoms with Gasteiger partial charge in [-0.1, -0.05) is 60.7 Å². The summed E-state index contributed by atoms with van der Waals surface area (Å²) in [4.78, 5) is 15.0. The van der Waals surface area contributed by atoms with Crippen molar-refractivity contribution in [2.75, 3.05) is 34.0 Å². The van der Waals surface area contributed by atoms with Crippen LogP contribution < -0.4 is 15.0 Å². The molecule has 5 atom stereocenters. The average Bonchev–Trinajstić information content (AvgIpc) is 3.53. The van der Waals surface area contributed by atoms with Crippen LogP contribution in [0.4, 0.5) is 0 Å². The molecule has 12 nitrogen and oxygen atoms in total. The molecule has 3 aromatic carbocycles. The van der Waals surface area contributed by atoms with Gasteiger partial charge in [-0.2, -0.15) is 5.26 Å². The Balaban J connectivity index is 1.67. The van der Waals surface area contributed by atoms with Crippen LogP contribution in [0.5, 0.6) is 11.5 Å². The summed E-state index contributed by atoms with van der Waals surface area (Å²) < 4.78 is 49.2. The Hall–Kier alpha value is -4.22. The number of H-pyrrole nitrogens is 1. The van der Waals surface area contributed by atoms with Crippen molar-refractivity contribution in [1.29, 1.82) is 5.26 Å². The lowest BCUT2D eigenvalue weighted by Crippen LogP contribution is -2.43. The number of ether oxygens (including phenoxy) is 5. The summed E-state index contributed by atoms with van der Waals surface area (Å²) in [5, 5.41) is 9.40. The number of hydrogen-bond acceptors (Lipinski definition) is 11. The summed E-state index contributed by atoms with van der Waals surface area (Å²) in [5.41, 5.74) is 1.06. The van der Waals surface area contributed by atoms with Gasteiger partial charge < -0.3 is 32.7 Å². The van der Waals surface area contributed by atoms with E-state index in [4.69, 9.17) is 44.9 Å². The molecular formula is C42H51N4O8PS. The van der Waals surface area contributed by atoms with Crippen LogP contribution in [0.25, 0.3) is 0 Å². The molecule has 1 aliphatic heterocycles. The highest BCUT2D eigenvalue weighted by molar-refractivity contribution is 7.71. The highest BCUT2D eigenvalue weighted by Crippen LogP contribution is 2.51. The van der Waals surface area contributed by atoms with Crippen LogP contribution in [0.2, 0.25) is 0 Å². The van der Waals surface area contributed by atoms with Crippen LogP contribution in [0.3, 0.4) is 0 Å². The second-order valence-electron chi connectivity index (χ2n) is 13.6. The Labute approximate surface area is 335 Å². The van der Waals surface area contributed by atoms with Crippen molar-refractivity contribution >= 4 is 20.7 Å². The summed E-state index contributed by atoms with van der Waals surface area (Å²) >= 11 is 5.64. The molecule has 56 heavy (non-hydrogen) atoms. The number of aromatic nitrogens is 2. The van der Waals surface area contributed by atoms with Crippen molar-refractivity contribution in [2.45, 2.75) is 76.3 Å². The van der Waals surface area contributed by atoms with Crippen LogP contribution in [0, 0.1) is 16.1 Å². The molecule has 298 valence electrons. The number of aromatic amines is 1. The van der Waals surface area contributed by atoms with Gasteiger partial charge in [0.2, 0.25) is 0 Å². The standard InChI is InChI=1S/C42H51N4O8PS/c1-8-26-50-39-38(54-55(52-27-12-24-43)46(29(2)3)30(4)5)36(53-40(39)45-25-23-37(47)44-41(45)56)28-51-42(31-13-10-9-11-14-31,32-15-19-34(48-6)20-16-32)33-17-21-35(49-7)22-18-33/h8-11,13-23,25,29-30,36,38-40H,1,12,26-28H2,2-7H3,(H,44,47,56)/t36-,38-,39-,40-,55?/m1/s1. The van der Waals surface area contributed by atoms with E-state index in [1.165, 1.54) is 6.07 Å². The molecule has 1 aliphatic rings. The maximum absolute atomic E-state index is 12.3. The van der Waals surface area contributed by atoms with Crippen LogP contribution in [0.1, 0.15) is 57.0 Å². The van der Waals surface area contributed by atoms with Crippen molar-refractivity contribution in [1.82, 2.24) is 14.2 Å². The fourth-order valence-electron chi connectivity index (χ4n) is 6.86. The van der Waals surface area contributed by atoms with Crippen molar-refractivity contribution in [3.8, 4) is 17.6 Å². The molecule has 14 heteroatoms. The van der Waals surface area contributed by atoms with E-state index in [-0.39, 0.29) is 48.7 Å². The largest absolute Gasteiger partial charge is 0.497 e. The third-order valence-electron chi connectivity index (χ3n) is 9.33. The zero-order valence-electron chi connectivity index (χ0n) is 32.7. The van der Waals surface area contributed by atoms with Crippen LogP contribution >= 0.6 is 20.7 Å². The van der Waals surface area contributed by atoms with E-state index in [0.717, 1.165) is 16.7 Å². The minimum Gasteiger partial charge on any atom is -0.497 e. The topological polar surface area (TPSA) is 129 Å². The van der Waals surface area contributed by atoms with Gasteiger partial charge in [-0.05, 0) is 80.9 Å². The summed E-state index contributed by atoms with van der Waals surface area (Å²) in [5.74, 6) is 1.40.